The summed E-state index contributed by atoms with van der Waals surface area (Å²) in [5.41, 5.74) is 3.29. The normalized spacial score (nSPS) is 12.2. The summed E-state index contributed by atoms with van der Waals surface area (Å²) in [6, 6.07) is 22.8. The Morgan fingerprint density at radius 2 is 1.22 bits per heavy atom. The minimum Gasteiger partial charge on any atom is -0.453 e. The van der Waals surface area contributed by atoms with Gasteiger partial charge in [0.25, 0.3) is 0 Å². The molecule has 0 aromatic heterocycles. The Bertz CT molecular complexity index is 803. The van der Waals surface area contributed by atoms with Crippen LogP contribution in [-0.4, -0.2) is 17.2 Å². The lowest BCUT2D eigenvalue weighted by Gasteiger charge is -2.32. The van der Waals surface area contributed by atoms with Gasteiger partial charge in [-0.3, -0.25) is 0 Å². The van der Waals surface area contributed by atoms with Crippen LogP contribution < -0.4 is 15.1 Å². The molecule has 0 unspecified atom stereocenters. The van der Waals surface area contributed by atoms with Crippen molar-refractivity contribution in [1.29, 1.82) is 0 Å². The van der Waals surface area contributed by atoms with Crippen molar-refractivity contribution in [2.24, 2.45) is 0 Å². The highest BCUT2D eigenvalue weighted by atomic mass is 16.5. The molecule has 5 heteroatoms. The van der Waals surface area contributed by atoms with Crippen molar-refractivity contribution in [3.05, 3.63) is 72.8 Å². The summed E-state index contributed by atoms with van der Waals surface area (Å²) < 4.78 is 5.97. The molecule has 112 valence electrons. The van der Waals surface area contributed by atoms with Crippen LogP contribution in [0.1, 0.15) is 0 Å². The zero-order valence-corrected chi connectivity index (χ0v) is 12.3. The maximum absolute atomic E-state index is 9.26. The van der Waals surface area contributed by atoms with Crippen molar-refractivity contribution in [1.82, 2.24) is 0 Å². The van der Waals surface area contributed by atoms with Crippen molar-refractivity contribution in [3.8, 4) is 11.5 Å². The quantitative estimate of drug-likeness (QED) is 0.559. The summed E-state index contributed by atoms with van der Waals surface area (Å²) in [5, 5.41) is 18.5. The molecule has 23 heavy (non-hydrogen) atoms. The smallest absolute Gasteiger partial charge is 0.453 e. The number of hydrogen-bond acceptors (Lipinski definition) is 4. The minimum absolute atomic E-state index is 0.462. The van der Waals surface area contributed by atoms with Gasteiger partial charge in [-0.05, 0) is 41.9 Å². The van der Waals surface area contributed by atoms with Gasteiger partial charge in [-0.25, -0.2) is 0 Å². The van der Waals surface area contributed by atoms with Crippen LogP contribution in [0.5, 0.6) is 11.5 Å². The molecule has 0 saturated heterocycles. The zero-order valence-electron chi connectivity index (χ0n) is 12.3. The molecule has 0 atom stereocenters. The van der Waals surface area contributed by atoms with E-state index in [1.807, 2.05) is 60.7 Å². The van der Waals surface area contributed by atoms with Crippen molar-refractivity contribution < 1.29 is 14.8 Å². The average molecular weight is 303 g/mol. The Morgan fingerprint density at radius 1 is 0.696 bits per heavy atom. The van der Waals surface area contributed by atoms with Crippen molar-refractivity contribution in [2.45, 2.75) is 0 Å². The molecular formula is C18H14BNO3. The van der Waals surface area contributed by atoms with Crippen molar-refractivity contribution >= 4 is 29.6 Å². The monoisotopic (exact) mass is 303 g/mol. The van der Waals surface area contributed by atoms with E-state index in [9.17, 15) is 10.0 Å². The van der Waals surface area contributed by atoms with Gasteiger partial charge in [-0.2, -0.15) is 0 Å². The Kier molecular flexibility index (Phi) is 3.30. The zero-order chi connectivity index (χ0) is 15.8. The van der Waals surface area contributed by atoms with E-state index >= 15 is 0 Å². The van der Waals surface area contributed by atoms with E-state index in [1.165, 1.54) is 0 Å². The van der Waals surface area contributed by atoms with Gasteiger partial charge in [0.1, 0.15) is 0 Å². The summed E-state index contributed by atoms with van der Waals surface area (Å²) in [6.07, 6.45) is 0. The molecule has 0 bridgehead atoms. The lowest BCUT2D eigenvalue weighted by atomic mass is 9.80. The van der Waals surface area contributed by atoms with Crippen LogP contribution in [0.4, 0.5) is 17.1 Å². The lowest BCUT2D eigenvalue weighted by Crippen LogP contribution is -2.29. The predicted octanol–water partition coefficient (Wildman–Crippen LogP) is 2.94. The molecule has 2 N–H and O–H groups in total. The fourth-order valence-electron chi connectivity index (χ4n) is 2.78. The van der Waals surface area contributed by atoms with E-state index in [4.69, 9.17) is 4.74 Å². The van der Waals surface area contributed by atoms with Crippen LogP contribution in [-0.2, 0) is 0 Å². The molecule has 0 amide bonds. The van der Waals surface area contributed by atoms with Gasteiger partial charge in [-0.1, -0.05) is 36.4 Å². The maximum Gasteiger partial charge on any atom is 0.488 e. The first-order valence-corrected chi connectivity index (χ1v) is 7.36. The molecule has 0 aliphatic carbocycles. The SMILES string of the molecule is OB(O)c1ccc(N2c3ccccc3Oc3ccccc32)cc1. The molecule has 0 saturated carbocycles. The summed E-state index contributed by atoms with van der Waals surface area (Å²) in [5.74, 6) is 1.58. The van der Waals surface area contributed by atoms with Gasteiger partial charge >= 0.3 is 7.12 Å². The molecule has 1 aliphatic heterocycles. The molecule has 3 aromatic carbocycles. The lowest BCUT2D eigenvalue weighted by molar-refractivity contribution is 0.426. The van der Waals surface area contributed by atoms with Crippen LogP contribution >= 0.6 is 0 Å². The highest BCUT2D eigenvalue weighted by Crippen LogP contribution is 2.49. The van der Waals surface area contributed by atoms with E-state index in [2.05, 4.69) is 4.90 Å². The third-order valence-corrected chi connectivity index (χ3v) is 3.88. The van der Waals surface area contributed by atoms with Crippen LogP contribution in [0, 0.1) is 0 Å². The third kappa shape index (κ3) is 2.36. The number of anilines is 3. The van der Waals surface area contributed by atoms with Crippen molar-refractivity contribution in [3.63, 3.8) is 0 Å². The van der Waals surface area contributed by atoms with Crippen LogP contribution in [0.15, 0.2) is 72.8 Å². The number of nitrogens with zero attached hydrogens (tertiary/aromatic N) is 1. The third-order valence-electron chi connectivity index (χ3n) is 3.88. The highest BCUT2D eigenvalue weighted by Gasteiger charge is 2.25. The van der Waals surface area contributed by atoms with Gasteiger partial charge < -0.3 is 19.7 Å². The van der Waals surface area contributed by atoms with E-state index in [-0.39, 0.29) is 0 Å². The van der Waals surface area contributed by atoms with Gasteiger partial charge in [0, 0.05) is 5.69 Å². The second-order valence-electron chi connectivity index (χ2n) is 5.34. The highest BCUT2D eigenvalue weighted by molar-refractivity contribution is 6.58. The molecule has 4 nitrogen and oxygen atoms in total. The summed E-state index contributed by atoms with van der Waals surface area (Å²) >= 11 is 0. The second kappa shape index (κ2) is 5.46. The van der Waals surface area contributed by atoms with E-state index in [0.29, 0.717) is 5.46 Å². The average Bonchev–Trinajstić information content (AvgIpc) is 2.59. The van der Waals surface area contributed by atoms with E-state index < -0.39 is 7.12 Å². The van der Waals surface area contributed by atoms with Gasteiger partial charge in [-0.15, -0.1) is 0 Å². The van der Waals surface area contributed by atoms with Crippen LogP contribution in [0.25, 0.3) is 0 Å². The first-order chi connectivity index (χ1) is 11.2. The largest absolute Gasteiger partial charge is 0.488 e. The first-order valence-electron chi connectivity index (χ1n) is 7.36. The molecule has 1 heterocycles. The molecule has 0 fully saturated rings. The summed E-state index contributed by atoms with van der Waals surface area (Å²) in [7, 11) is -1.46. The Hall–Kier alpha value is -2.76. The number of hydrogen-bond donors (Lipinski definition) is 2. The van der Waals surface area contributed by atoms with Gasteiger partial charge in [0.05, 0.1) is 11.4 Å². The first kappa shape index (κ1) is 13.9. The number of fused-ring (bicyclic) bond motifs is 2. The Morgan fingerprint density at radius 3 is 1.74 bits per heavy atom. The summed E-state index contributed by atoms with van der Waals surface area (Å²) in [6.45, 7) is 0. The Labute approximate surface area is 134 Å². The fraction of sp³-hybridized carbons (Fsp3) is 0. The number of rotatable bonds is 2. The molecule has 4 rings (SSSR count). The molecule has 1 aliphatic rings. The molecular weight excluding hydrogens is 289 g/mol. The Balaban J connectivity index is 1.87. The van der Waals surface area contributed by atoms with E-state index in [0.717, 1.165) is 28.6 Å². The summed E-state index contributed by atoms with van der Waals surface area (Å²) in [4.78, 5) is 2.10. The van der Waals surface area contributed by atoms with Gasteiger partial charge in [0.2, 0.25) is 0 Å². The number of para-hydroxylation sites is 4. The maximum atomic E-state index is 9.26. The van der Waals surface area contributed by atoms with Crippen molar-refractivity contribution in [2.75, 3.05) is 4.90 Å². The second-order valence-corrected chi connectivity index (χ2v) is 5.34. The molecule has 3 aromatic rings. The minimum atomic E-state index is -1.46. The topological polar surface area (TPSA) is 52.9 Å². The number of ether oxygens (including phenoxy) is 1. The predicted molar refractivity (Wildman–Crippen MR) is 91.0 cm³/mol. The van der Waals surface area contributed by atoms with Gasteiger partial charge in [0.15, 0.2) is 11.5 Å². The van der Waals surface area contributed by atoms with E-state index in [1.54, 1.807) is 12.1 Å². The molecule has 0 radical (unpaired) electrons. The number of benzene rings is 3. The fourth-order valence-corrected chi connectivity index (χ4v) is 2.78. The van der Waals surface area contributed by atoms with Crippen LogP contribution in [0.3, 0.4) is 0 Å². The van der Waals surface area contributed by atoms with Crippen LogP contribution in [0.2, 0.25) is 0 Å². The molecule has 0 spiro atoms. The standard InChI is InChI=1S/C18H14BNO3/c21-19(22)13-9-11-14(12-10-13)20-15-5-1-3-7-17(15)23-18-8-4-2-6-16(18)20/h1-12,21-22H.